The number of fused-ring (bicyclic) bond motifs is 2. The molecule has 2 bridgehead atoms. The van der Waals surface area contributed by atoms with Gasteiger partial charge in [-0.1, -0.05) is 6.08 Å². The van der Waals surface area contributed by atoms with Crippen LogP contribution in [0.2, 0.25) is 0 Å². The number of carbonyl (C=O) groups excluding carboxylic acids is 1. The van der Waals surface area contributed by atoms with Crippen molar-refractivity contribution in [3.8, 4) is 0 Å². The average molecular weight is 195 g/mol. The van der Waals surface area contributed by atoms with Crippen LogP contribution in [0, 0.1) is 11.3 Å². The van der Waals surface area contributed by atoms with Crippen molar-refractivity contribution in [1.29, 1.82) is 0 Å². The van der Waals surface area contributed by atoms with E-state index in [0.29, 0.717) is 11.5 Å². The van der Waals surface area contributed by atoms with Crippen molar-refractivity contribution in [3.05, 3.63) is 11.6 Å². The molecule has 78 valence electrons. The van der Waals surface area contributed by atoms with Gasteiger partial charge in [0.1, 0.15) is 0 Å². The maximum atomic E-state index is 11.3. The molecule has 0 aliphatic heterocycles. The van der Waals surface area contributed by atoms with Gasteiger partial charge < -0.3 is 10.8 Å². The Kier molecular flexibility index (Phi) is 1.80. The zero-order valence-corrected chi connectivity index (χ0v) is 8.71. The van der Waals surface area contributed by atoms with Crippen molar-refractivity contribution in [1.82, 2.24) is 0 Å². The van der Waals surface area contributed by atoms with E-state index in [2.05, 4.69) is 0 Å². The second-order valence-corrected chi connectivity index (χ2v) is 5.09. The molecule has 0 spiro atoms. The summed E-state index contributed by atoms with van der Waals surface area (Å²) in [5.41, 5.74) is 4.78. The summed E-state index contributed by atoms with van der Waals surface area (Å²) in [5.74, 6) is 0.0817. The fourth-order valence-corrected chi connectivity index (χ4v) is 3.07. The number of hydrogen-bond donors (Lipinski definition) is 2. The molecule has 1 saturated carbocycles. The van der Waals surface area contributed by atoms with Gasteiger partial charge in [0.2, 0.25) is 5.91 Å². The minimum atomic E-state index is -0.848. The van der Waals surface area contributed by atoms with E-state index in [0.717, 1.165) is 19.3 Å². The molecule has 1 amide bonds. The number of primary amides is 1. The van der Waals surface area contributed by atoms with Gasteiger partial charge in [0, 0.05) is 11.0 Å². The number of allylic oxidation sites excluding steroid dienone is 1. The molecule has 2 unspecified atom stereocenters. The van der Waals surface area contributed by atoms with Crippen molar-refractivity contribution in [2.75, 3.05) is 0 Å². The van der Waals surface area contributed by atoms with Crippen LogP contribution in [0.5, 0.6) is 0 Å². The van der Waals surface area contributed by atoms with Gasteiger partial charge in [0.25, 0.3) is 0 Å². The standard InChI is InChI=1S/C11H17NO2/c1-10(2,14)11-4-3-7(6-11)5-8(11)9(12)13/h5,7,14H,3-4,6H2,1-2H3,(H2,12,13). The third-order valence-corrected chi connectivity index (χ3v) is 3.91. The molecule has 0 aromatic rings. The lowest BCUT2D eigenvalue weighted by molar-refractivity contribution is -0.118. The molecule has 2 atom stereocenters. The highest BCUT2D eigenvalue weighted by Crippen LogP contribution is 2.58. The first-order chi connectivity index (χ1) is 6.37. The van der Waals surface area contributed by atoms with Crippen LogP contribution in [0.1, 0.15) is 33.1 Å². The van der Waals surface area contributed by atoms with Gasteiger partial charge in [-0.05, 0) is 39.0 Å². The fourth-order valence-electron chi connectivity index (χ4n) is 3.07. The topological polar surface area (TPSA) is 63.3 Å². The van der Waals surface area contributed by atoms with Crippen LogP contribution in [-0.2, 0) is 4.79 Å². The average Bonchev–Trinajstić information content (AvgIpc) is 2.58. The highest BCUT2D eigenvalue weighted by molar-refractivity contribution is 5.94. The molecule has 3 heteroatoms. The fraction of sp³-hybridized carbons (Fsp3) is 0.727. The Balaban J connectivity index is 2.45. The zero-order valence-electron chi connectivity index (χ0n) is 8.71. The third kappa shape index (κ3) is 1.05. The van der Waals surface area contributed by atoms with E-state index in [4.69, 9.17) is 5.73 Å². The summed E-state index contributed by atoms with van der Waals surface area (Å²) in [6.07, 6.45) is 4.80. The summed E-state index contributed by atoms with van der Waals surface area (Å²) in [5, 5.41) is 10.2. The molecule has 2 aliphatic rings. The Morgan fingerprint density at radius 1 is 1.71 bits per heavy atom. The lowest BCUT2D eigenvalue weighted by Crippen LogP contribution is -2.45. The molecule has 2 aliphatic carbocycles. The lowest BCUT2D eigenvalue weighted by atomic mass is 9.68. The van der Waals surface area contributed by atoms with Crippen molar-refractivity contribution in [2.45, 2.75) is 38.7 Å². The molecule has 0 aromatic carbocycles. The first kappa shape index (κ1) is 9.71. The van der Waals surface area contributed by atoms with Gasteiger partial charge in [0.15, 0.2) is 0 Å². The van der Waals surface area contributed by atoms with Gasteiger partial charge >= 0.3 is 0 Å². The summed E-state index contributed by atoms with van der Waals surface area (Å²) in [6, 6.07) is 0. The third-order valence-electron chi connectivity index (χ3n) is 3.91. The van der Waals surface area contributed by atoms with E-state index >= 15 is 0 Å². The number of rotatable bonds is 2. The van der Waals surface area contributed by atoms with Gasteiger partial charge in [-0.25, -0.2) is 0 Å². The molecular formula is C11H17NO2. The van der Waals surface area contributed by atoms with E-state index in [9.17, 15) is 9.90 Å². The molecule has 3 N–H and O–H groups in total. The summed E-state index contributed by atoms with van der Waals surface area (Å²) >= 11 is 0. The van der Waals surface area contributed by atoms with E-state index in [1.165, 1.54) is 0 Å². The minimum absolute atomic E-state index is 0.366. The van der Waals surface area contributed by atoms with Crippen molar-refractivity contribution in [2.24, 2.45) is 17.1 Å². The Hall–Kier alpha value is -0.830. The normalized spacial score (nSPS) is 35.9. The maximum Gasteiger partial charge on any atom is 0.244 e. The van der Waals surface area contributed by atoms with Gasteiger partial charge in [0.05, 0.1) is 5.60 Å². The Morgan fingerprint density at radius 2 is 2.36 bits per heavy atom. The first-order valence-corrected chi connectivity index (χ1v) is 5.11. The molecule has 0 heterocycles. The molecule has 1 fully saturated rings. The zero-order chi connectivity index (χ0) is 10.6. The number of hydrogen-bond acceptors (Lipinski definition) is 2. The van der Waals surface area contributed by atoms with Gasteiger partial charge in [-0.2, -0.15) is 0 Å². The second-order valence-electron chi connectivity index (χ2n) is 5.09. The SMILES string of the molecule is CC(C)(O)C12CCC(C=C1C(N)=O)C2. The molecule has 2 rings (SSSR count). The number of carbonyl (C=O) groups is 1. The van der Waals surface area contributed by atoms with E-state index in [1.54, 1.807) is 13.8 Å². The van der Waals surface area contributed by atoms with E-state index in [-0.39, 0.29) is 11.3 Å². The second kappa shape index (κ2) is 2.60. The van der Waals surface area contributed by atoms with E-state index in [1.807, 2.05) is 6.08 Å². The summed E-state index contributed by atoms with van der Waals surface area (Å²) in [6.45, 7) is 3.55. The van der Waals surface area contributed by atoms with Crippen LogP contribution in [0.4, 0.5) is 0 Å². The molecule has 0 saturated heterocycles. The summed E-state index contributed by atoms with van der Waals surface area (Å²) in [4.78, 5) is 11.3. The van der Waals surface area contributed by atoms with Crippen molar-refractivity contribution in [3.63, 3.8) is 0 Å². The molecule has 3 nitrogen and oxygen atoms in total. The highest BCUT2D eigenvalue weighted by Gasteiger charge is 2.56. The minimum Gasteiger partial charge on any atom is -0.390 e. The van der Waals surface area contributed by atoms with Gasteiger partial charge in [-0.15, -0.1) is 0 Å². The van der Waals surface area contributed by atoms with Crippen molar-refractivity contribution < 1.29 is 9.90 Å². The first-order valence-electron chi connectivity index (χ1n) is 5.11. The number of nitrogens with two attached hydrogens (primary N) is 1. The van der Waals surface area contributed by atoms with E-state index < -0.39 is 5.60 Å². The summed E-state index contributed by atoms with van der Waals surface area (Å²) in [7, 11) is 0. The number of aliphatic hydroxyl groups is 1. The van der Waals surface area contributed by atoms with Crippen LogP contribution in [0.25, 0.3) is 0 Å². The van der Waals surface area contributed by atoms with Gasteiger partial charge in [-0.3, -0.25) is 4.79 Å². The maximum absolute atomic E-state index is 11.3. The molecule has 14 heavy (non-hydrogen) atoms. The highest BCUT2D eigenvalue weighted by atomic mass is 16.3. The Morgan fingerprint density at radius 3 is 2.71 bits per heavy atom. The molecular weight excluding hydrogens is 178 g/mol. The largest absolute Gasteiger partial charge is 0.390 e. The smallest absolute Gasteiger partial charge is 0.244 e. The van der Waals surface area contributed by atoms with Crippen LogP contribution in [0.15, 0.2) is 11.6 Å². The lowest BCUT2D eigenvalue weighted by Gasteiger charge is -2.40. The van der Waals surface area contributed by atoms with Crippen LogP contribution in [-0.4, -0.2) is 16.6 Å². The van der Waals surface area contributed by atoms with Crippen LogP contribution >= 0.6 is 0 Å². The summed E-state index contributed by atoms with van der Waals surface area (Å²) < 4.78 is 0. The van der Waals surface area contributed by atoms with Crippen LogP contribution in [0.3, 0.4) is 0 Å². The number of amides is 1. The van der Waals surface area contributed by atoms with Crippen LogP contribution < -0.4 is 5.73 Å². The predicted molar refractivity (Wildman–Crippen MR) is 53.3 cm³/mol. The Labute approximate surface area is 84.0 Å². The quantitative estimate of drug-likeness (QED) is 0.689. The Bertz CT molecular complexity index is 314. The predicted octanol–water partition coefficient (Wildman–Crippen LogP) is 0.969. The molecule has 0 aromatic heterocycles. The molecule has 0 radical (unpaired) electrons. The monoisotopic (exact) mass is 195 g/mol. The van der Waals surface area contributed by atoms with Crippen molar-refractivity contribution >= 4 is 5.91 Å².